The van der Waals surface area contributed by atoms with Gasteiger partial charge in [0.15, 0.2) is 0 Å². The number of nitrogens with zero attached hydrogens (tertiary/aromatic N) is 1. The predicted octanol–water partition coefficient (Wildman–Crippen LogP) is 4.95. The van der Waals surface area contributed by atoms with Crippen LogP contribution in [0.15, 0.2) is 47.4 Å². The number of benzene rings is 2. The van der Waals surface area contributed by atoms with Gasteiger partial charge in [-0.25, -0.2) is 8.42 Å². The van der Waals surface area contributed by atoms with Gasteiger partial charge in [0.05, 0.1) is 10.6 Å². The first-order chi connectivity index (χ1) is 13.9. The van der Waals surface area contributed by atoms with E-state index in [4.69, 9.17) is 11.6 Å². The van der Waals surface area contributed by atoms with Crippen molar-refractivity contribution in [3.8, 4) is 0 Å². The summed E-state index contributed by atoms with van der Waals surface area (Å²) in [5.74, 6) is 0.102. The Labute approximate surface area is 185 Å². The molecule has 2 rings (SSSR count). The third-order valence-electron chi connectivity index (χ3n) is 5.17. The van der Waals surface area contributed by atoms with Crippen LogP contribution in [0.2, 0.25) is 5.02 Å². The van der Waals surface area contributed by atoms with Crippen LogP contribution in [0.5, 0.6) is 0 Å². The van der Waals surface area contributed by atoms with Gasteiger partial charge in [0.1, 0.15) is 6.54 Å². The minimum Gasteiger partial charge on any atom is -0.351 e. The Morgan fingerprint density at radius 3 is 2.10 bits per heavy atom. The van der Waals surface area contributed by atoms with E-state index >= 15 is 0 Å². The maximum absolute atomic E-state index is 13.5. The largest absolute Gasteiger partial charge is 0.351 e. The zero-order chi connectivity index (χ0) is 22.6. The lowest BCUT2D eigenvalue weighted by Crippen LogP contribution is -2.48. The van der Waals surface area contributed by atoms with Crippen molar-refractivity contribution in [3.63, 3.8) is 0 Å². The zero-order valence-corrected chi connectivity index (χ0v) is 20.0. The minimum absolute atomic E-state index is 0.0538. The van der Waals surface area contributed by atoms with Gasteiger partial charge in [-0.15, -0.1) is 0 Å². The van der Waals surface area contributed by atoms with Crippen LogP contribution in [-0.2, 0) is 14.8 Å². The van der Waals surface area contributed by atoms with E-state index in [2.05, 4.69) is 5.32 Å². The minimum atomic E-state index is -3.97. The molecule has 2 aromatic carbocycles. The summed E-state index contributed by atoms with van der Waals surface area (Å²) in [7, 11) is -3.97. The van der Waals surface area contributed by atoms with Crippen LogP contribution in [0.25, 0.3) is 0 Å². The number of halogens is 1. The standard InChI is InChI=1S/C23H31ClN2O3S/c1-15(2)23(16(3)4)25-22(27)14-26(21-9-7-8-20(24)18(21)6)30(28,29)19-12-10-17(5)11-13-19/h7-13,15-16,23H,14H2,1-6H3,(H,25,27). The molecule has 5 nitrogen and oxygen atoms in total. The number of amides is 1. The zero-order valence-electron chi connectivity index (χ0n) is 18.4. The highest BCUT2D eigenvalue weighted by atomic mass is 35.5. The molecule has 0 bridgehead atoms. The number of anilines is 1. The van der Waals surface area contributed by atoms with E-state index in [1.54, 1.807) is 49.4 Å². The molecule has 0 heterocycles. The first-order valence-corrected chi connectivity index (χ1v) is 11.9. The second-order valence-electron chi connectivity index (χ2n) is 8.29. The van der Waals surface area contributed by atoms with Gasteiger partial charge in [-0.3, -0.25) is 9.10 Å². The van der Waals surface area contributed by atoms with E-state index < -0.39 is 10.0 Å². The SMILES string of the molecule is Cc1ccc(S(=O)(=O)N(CC(=O)NC(C(C)C)C(C)C)c2cccc(Cl)c2C)cc1. The molecule has 0 aliphatic rings. The fraction of sp³-hybridized carbons (Fsp3) is 0.435. The van der Waals surface area contributed by atoms with Gasteiger partial charge in [0.25, 0.3) is 10.0 Å². The number of sulfonamides is 1. The average Bonchev–Trinajstić information content (AvgIpc) is 2.66. The van der Waals surface area contributed by atoms with E-state index in [0.717, 1.165) is 9.87 Å². The molecular weight excluding hydrogens is 420 g/mol. The average molecular weight is 451 g/mol. The van der Waals surface area contributed by atoms with Crippen molar-refractivity contribution in [2.45, 2.75) is 52.5 Å². The van der Waals surface area contributed by atoms with Gasteiger partial charge in [0.2, 0.25) is 5.91 Å². The van der Waals surface area contributed by atoms with E-state index in [9.17, 15) is 13.2 Å². The summed E-state index contributed by atoms with van der Waals surface area (Å²) in [6, 6.07) is 11.6. The lowest BCUT2D eigenvalue weighted by atomic mass is 9.93. The molecule has 7 heteroatoms. The van der Waals surface area contributed by atoms with Gasteiger partial charge < -0.3 is 5.32 Å². The van der Waals surface area contributed by atoms with E-state index in [1.165, 1.54) is 0 Å². The Hall–Kier alpha value is -2.05. The Morgan fingerprint density at radius 1 is 1.00 bits per heavy atom. The van der Waals surface area contributed by atoms with Gasteiger partial charge in [-0.1, -0.05) is 63.1 Å². The molecule has 1 N–H and O–H groups in total. The molecule has 0 saturated heterocycles. The Morgan fingerprint density at radius 2 is 1.57 bits per heavy atom. The first-order valence-electron chi connectivity index (χ1n) is 10.1. The Balaban J connectivity index is 2.48. The summed E-state index contributed by atoms with van der Waals surface area (Å²) in [5.41, 5.74) is 1.95. The highest BCUT2D eigenvalue weighted by Gasteiger charge is 2.30. The number of aryl methyl sites for hydroxylation is 1. The fourth-order valence-corrected chi connectivity index (χ4v) is 5.12. The van der Waals surface area contributed by atoms with Crippen LogP contribution >= 0.6 is 11.6 Å². The Kier molecular flexibility index (Phi) is 7.94. The number of rotatable bonds is 8. The van der Waals surface area contributed by atoms with Crippen molar-refractivity contribution in [2.24, 2.45) is 11.8 Å². The maximum Gasteiger partial charge on any atom is 0.264 e. The fourth-order valence-electron chi connectivity index (χ4n) is 3.47. The molecule has 0 atom stereocenters. The van der Waals surface area contributed by atoms with Gasteiger partial charge in [0, 0.05) is 11.1 Å². The lowest BCUT2D eigenvalue weighted by Gasteiger charge is -2.29. The number of carbonyl (C=O) groups excluding carboxylic acids is 1. The summed E-state index contributed by atoms with van der Waals surface area (Å²) in [5, 5.41) is 3.45. The van der Waals surface area contributed by atoms with E-state index in [0.29, 0.717) is 16.3 Å². The first kappa shape index (κ1) is 24.2. The maximum atomic E-state index is 13.5. The summed E-state index contributed by atoms with van der Waals surface area (Å²) in [6.07, 6.45) is 0. The smallest absolute Gasteiger partial charge is 0.264 e. The summed E-state index contributed by atoms with van der Waals surface area (Å²) in [6.45, 7) is 11.5. The number of hydrogen-bond acceptors (Lipinski definition) is 3. The molecule has 0 spiro atoms. The molecule has 0 saturated carbocycles. The molecule has 0 fully saturated rings. The number of carbonyl (C=O) groups is 1. The highest BCUT2D eigenvalue weighted by molar-refractivity contribution is 7.92. The molecule has 1 amide bonds. The second kappa shape index (κ2) is 9.84. The lowest BCUT2D eigenvalue weighted by molar-refractivity contribution is -0.121. The predicted molar refractivity (Wildman–Crippen MR) is 124 cm³/mol. The highest BCUT2D eigenvalue weighted by Crippen LogP contribution is 2.31. The molecule has 0 aromatic heterocycles. The monoisotopic (exact) mass is 450 g/mol. The summed E-state index contributed by atoms with van der Waals surface area (Å²) < 4.78 is 28.1. The topological polar surface area (TPSA) is 66.5 Å². The van der Waals surface area contributed by atoms with Crippen LogP contribution in [0.1, 0.15) is 38.8 Å². The van der Waals surface area contributed by atoms with Crippen LogP contribution in [-0.4, -0.2) is 26.9 Å². The van der Waals surface area contributed by atoms with Gasteiger partial charge in [-0.05, 0) is 55.5 Å². The van der Waals surface area contributed by atoms with Crippen molar-refractivity contribution < 1.29 is 13.2 Å². The third-order valence-corrected chi connectivity index (χ3v) is 7.35. The molecule has 30 heavy (non-hydrogen) atoms. The number of nitrogens with one attached hydrogen (secondary N) is 1. The molecule has 0 aliphatic carbocycles. The molecule has 164 valence electrons. The number of hydrogen-bond donors (Lipinski definition) is 1. The van der Waals surface area contributed by atoms with Crippen molar-refractivity contribution in [1.29, 1.82) is 0 Å². The van der Waals surface area contributed by atoms with Crippen LogP contribution in [0.4, 0.5) is 5.69 Å². The van der Waals surface area contributed by atoms with Gasteiger partial charge in [-0.2, -0.15) is 0 Å². The van der Waals surface area contributed by atoms with E-state index in [1.807, 2.05) is 34.6 Å². The van der Waals surface area contributed by atoms with Crippen LogP contribution in [0, 0.1) is 25.7 Å². The van der Waals surface area contributed by atoms with Crippen molar-refractivity contribution in [3.05, 3.63) is 58.6 Å². The van der Waals surface area contributed by atoms with Crippen molar-refractivity contribution in [2.75, 3.05) is 10.8 Å². The van der Waals surface area contributed by atoms with Crippen LogP contribution < -0.4 is 9.62 Å². The van der Waals surface area contributed by atoms with Crippen molar-refractivity contribution in [1.82, 2.24) is 5.32 Å². The molecule has 0 aliphatic heterocycles. The third kappa shape index (κ3) is 5.55. The molecule has 0 unspecified atom stereocenters. The molecular formula is C23H31ClN2O3S. The van der Waals surface area contributed by atoms with Gasteiger partial charge >= 0.3 is 0 Å². The molecule has 2 aromatic rings. The summed E-state index contributed by atoms with van der Waals surface area (Å²) >= 11 is 6.26. The van der Waals surface area contributed by atoms with Crippen LogP contribution in [0.3, 0.4) is 0 Å². The summed E-state index contributed by atoms with van der Waals surface area (Å²) in [4.78, 5) is 13.1. The second-order valence-corrected chi connectivity index (χ2v) is 10.6. The normalized spacial score (nSPS) is 11.9. The quantitative estimate of drug-likeness (QED) is 0.618. The van der Waals surface area contributed by atoms with E-state index in [-0.39, 0.29) is 35.2 Å². The molecule has 0 radical (unpaired) electrons. The Bertz CT molecular complexity index is 978. The van der Waals surface area contributed by atoms with Crippen molar-refractivity contribution >= 4 is 33.2 Å².